The lowest BCUT2D eigenvalue weighted by molar-refractivity contribution is 0.178. The Morgan fingerprint density at radius 2 is 1.76 bits per heavy atom. The molecular formula is C18H24N4O2S. The van der Waals surface area contributed by atoms with Crippen molar-refractivity contribution in [3.63, 3.8) is 0 Å². The standard InChI is InChI=1S/C18H24N4O2S/c1-16-6-5-9-19-18(16)15-21-10-12-22(13-11-21)25(23,24)20-14-17-7-3-2-4-8-17/h2-9,20H,10-15H2,1H3. The summed E-state index contributed by atoms with van der Waals surface area (Å²) in [6.07, 6.45) is 1.80. The minimum Gasteiger partial charge on any atom is -0.295 e. The number of rotatable bonds is 6. The Balaban J connectivity index is 1.52. The van der Waals surface area contributed by atoms with Gasteiger partial charge in [0.2, 0.25) is 0 Å². The second-order valence-corrected chi connectivity index (χ2v) is 8.01. The summed E-state index contributed by atoms with van der Waals surface area (Å²) in [7, 11) is -3.44. The molecule has 2 heterocycles. The van der Waals surface area contributed by atoms with E-state index in [1.165, 1.54) is 9.87 Å². The van der Waals surface area contributed by atoms with Crippen molar-refractivity contribution in [1.82, 2.24) is 18.9 Å². The summed E-state index contributed by atoms with van der Waals surface area (Å²) in [6.45, 7) is 5.54. The third-order valence-corrected chi connectivity index (χ3v) is 6.02. The van der Waals surface area contributed by atoms with Crippen LogP contribution in [0.5, 0.6) is 0 Å². The van der Waals surface area contributed by atoms with Gasteiger partial charge in [-0.3, -0.25) is 9.88 Å². The van der Waals surface area contributed by atoms with E-state index in [2.05, 4.69) is 27.6 Å². The van der Waals surface area contributed by atoms with Gasteiger partial charge in [-0.1, -0.05) is 36.4 Å². The van der Waals surface area contributed by atoms with E-state index in [0.717, 1.165) is 17.8 Å². The van der Waals surface area contributed by atoms with Crippen molar-refractivity contribution in [3.05, 3.63) is 65.5 Å². The first kappa shape index (κ1) is 18.0. The molecule has 0 amide bonds. The molecule has 0 radical (unpaired) electrons. The molecule has 0 bridgehead atoms. The first-order valence-corrected chi connectivity index (χ1v) is 9.90. The highest BCUT2D eigenvalue weighted by atomic mass is 32.2. The number of hydrogen-bond donors (Lipinski definition) is 1. The van der Waals surface area contributed by atoms with Crippen LogP contribution in [0.25, 0.3) is 0 Å². The summed E-state index contributed by atoms with van der Waals surface area (Å²) >= 11 is 0. The van der Waals surface area contributed by atoms with E-state index in [4.69, 9.17) is 0 Å². The van der Waals surface area contributed by atoms with Gasteiger partial charge in [-0.05, 0) is 24.1 Å². The van der Waals surface area contributed by atoms with Crippen molar-refractivity contribution in [3.8, 4) is 0 Å². The third kappa shape index (κ3) is 4.85. The summed E-state index contributed by atoms with van der Waals surface area (Å²) in [4.78, 5) is 6.67. The van der Waals surface area contributed by atoms with Gasteiger partial charge in [0, 0.05) is 45.5 Å². The number of hydrogen-bond acceptors (Lipinski definition) is 4. The van der Waals surface area contributed by atoms with Crippen LogP contribution in [0, 0.1) is 6.92 Å². The third-order valence-electron chi connectivity index (χ3n) is 4.46. The Hall–Kier alpha value is -1.80. The number of aryl methyl sites for hydroxylation is 1. The van der Waals surface area contributed by atoms with Gasteiger partial charge in [0.15, 0.2) is 0 Å². The fourth-order valence-corrected chi connectivity index (χ4v) is 4.06. The van der Waals surface area contributed by atoms with Gasteiger partial charge >= 0.3 is 0 Å². The van der Waals surface area contributed by atoms with Crippen molar-refractivity contribution < 1.29 is 8.42 Å². The van der Waals surface area contributed by atoms with Crippen molar-refractivity contribution in [2.75, 3.05) is 26.2 Å². The molecule has 0 saturated carbocycles. The molecule has 1 aromatic carbocycles. The molecule has 25 heavy (non-hydrogen) atoms. The summed E-state index contributed by atoms with van der Waals surface area (Å²) in [6, 6.07) is 13.5. The molecule has 0 unspecified atom stereocenters. The minimum absolute atomic E-state index is 0.316. The molecule has 0 spiro atoms. The maximum absolute atomic E-state index is 12.5. The van der Waals surface area contributed by atoms with Crippen LogP contribution in [-0.2, 0) is 23.3 Å². The Labute approximate surface area is 149 Å². The van der Waals surface area contributed by atoms with Gasteiger partial charge in [0.1, 0.15) is 0 Å². The van der Waals surface area contributed by atoms with Crippen molar-refractivity contribution in [2.24, 2.45) is 0 Å². The molecule has 6 nitrogen and oxygen atoms in total. The van der Waals surface area contributed by atoms with Gasteiger partial charge in [-0.15, -0.1) is 0 Å². The Morgan fingerprint density at radius 1 is 1.04 bits per heavy atom. The minimum atomic E-state index is -3.44. The SMILES string of the molecule is Cc1cccnc1CN1CCN(S(=O)(=O)NCc2ccccc2)CC1. The van der Waals surface area contributed by atoms with Crippen LogP contribution in [0.1, 0.15) is 16.8 Å². The molecule has 1 aliphatic heterocycles. The fraction of sp³-hybridized carbons (Fsp3) is 0.389. The second kappa shape index (κ2) is 8.05. The fourth-order valence-electron chi connectivity index (χ4n) is 2.89. The van der Waals surface area contributed by atoms with Gasteiger partial charge in [-0.25, -0.2) is 0 Å². The predicted molar refractivity (Wildman–Crippen MR) is 98.0 cm³/mol. The Kier molecular flexibility index (Phi) is 5.80. The number of piperazine rings is 1. The zero-order valence-electron chi connectivity index (χ0n) is 14.4. The number of aromatic nitrogens is 1. The molecule has 2 aromatic rings. The first-order chi connectivity index (χ1) is 12.0. The molecule has 0 aliphatic carbocycles. The van der Waals surface area contributed by atoms with Crippen molar-refractivity contribution in [1.29, 1.82) is 0 Å². The van der Waals surface area contributed by atoms with Crippen LogP contribution in [0.3, 0.4) is 0 Å². The summed E-state index contributed by atoms with van der Waals surface area (Å²) in [5.74, 6) is 0. The van der Waals surface area contributed by atoms with Gasteiger partial charge in [-0.2, -0.15) is 17.4 Å². The normalized spacial score (nSPS) is 16.8. The number of pyridine rings is 1. The largest absolute Gasteiger partial charge is 0.295 e. The molecular weight excluding hydrogens is 336 g/mol. The molecule has 0 atom stereocenters. The molecule has 134 valence electrons. The molecule has 1 saturated heterocycles. The number of nitrogens with zero attached hydrogens (tertiary/aromatic N) is 3. The second-order valence-electron chi connectivity index (χ2n) is 6.25. The predicted octanol–water partition coefficient (Wildman–Crippen LogP) is 1.54. The van der Waals surface area contributed by atoms with Gasteiger partial charge < -0.3 is 0 Å². The van der Waals surface area contributed by atoms with Crippen LogP contribution in [0.4, 0.5) is 0 Å². The molecule has 7 heteroatoms. The average Bonchev–Trinajstić information content (AvgIpc) is 2.63. The lowest BCUT2D eigenvalue weighted by atomic mass is 10.2. The van der Waals surface area contributed by atoms with E-state index in [1.807, 2.05) is 36.4 Å². The molecule has 1 fully saturated rings. The van der Waals surface area contributed by atoms with Crippen LogP contribution in [0.2, 0.25) is 0 Å². The smallest absolute Gasteiger partial charge is 0.279 e. The monoisotopic (exact) mass is 360 g/mol. The maximum Gasteiger partial charge on any atom is 0.279 e. The molecule has 3 rings (SSSR count). The van der Waals surface area contributed by atoms with E-state index in [0.29, 0.717) is 32.7 Å². The summed E-state index contributed by atoms with van der Waals surface area (Å²) in [5.41, 5.74) is 3.18. The van der Waals surface area contributed by atoms with Gasteiger partial charge in [0.05, 0.1) is 5.69 Å². The zero-order chi connectivity index (χ0) is 17.7. The average molecular weight is 360 g/mol. The van der Waals surface area contributed by atoms with Crippen LogP contribution >= 0.6 is 0 Å². The lowest BCUT2D eigenvalue weighted by Crippen LogP contribution is -2.51. The first-order valence-electron chi connectivity index (χ1n) is 8.46. The maximum atomic E-state index is 12.5. The molecule has 1 aliphatic rings. The van der Waals surface area contributed by atoms with E-state index >= 15 is 0 Å². The van der Waals surface area contributed by atoms with Crippen LogP contribution in [-0.4, -0.2) is 48.8 Å². The van der Waals surface area contributed by atoms with Crippen molar-refractivity contribution >= 4 is 10.2 Å². The van der Waals surface area contributed by atoms with E-state index in [-0.39, 0.29) is 0 Å². The van der Waals surface area contributed by atoms with E-state index < -0.39 is 10.2 Å². The highest BCUT2D eigenvalue weighted by Gasteiger charge is 2.26. The number of benzene rings is 1. The Morgan fingerprint density at radius 3 is 2.44 bits per heavy atom. The van der Waals surface area contributed by atoms with E-state index in [1.54, 1.807) is 6.20 Å². The van der Waals surface area contributed by atoms with Crippen LogP contribution < -0.4 is 4.72 Å². The van der Waals surface area contributed by atoms with Crippen molar-refractivity contribution in [2.45, 2.75) is 20.0 Å². The quantitative estimate of drug-likeness (QED) is 0.849. The topological polar surface area (TPSA) is 65.5 Å². The highest BCUT2D eigenvalue weighted by Crippen LogP contribution is 2.12. The highest BCUT2D eigenvalue weighted by molar-refractivity contribution is 7.87. The van der Waals surface area contributed by atoms with Crippen LogP contribution in [0.15, 0.2) is 48.7 Å². The van der Waals surface area contributed by atoms with Gasteiger partial charge in [0.25, 0.3) is 10.2 Å². The summed E-state index contributed by atoms with van der Waals surface area (Å²) in [5, 5.41) is 0. The Bertz CT molecular complexity index is 788. The zero-order valence-corrected chi connectivity index (χ0v) is 15.2. The molecule has 1 N–H and O–H groups in total. The number of nitrogens with one attached hydrogen (secondary N) is 1. The summed E-state index contributed by atoms with van der Waals surface area (Å²) < 4.78 is 29.1. The molecule has 1 aromatic heterocycles. The van der Waals surface area contributed by atoms with E-state index in [9.17, 15) is 8.42 Å². The lowest BCUT2D eigenvalue weighted by Gasteiger charge is -2.33.